The van der Waals surface area contributed by atoms with Gasteiger partial charge >= 0.3 is 5.97 Å². The van der Waals surface area contributed by atoms with Gasteiger partial charge in [-0.15, -0.1) is 6.58 Å². The lowest BCUT2D eigenvalue weighted by molar-refractivity contribution is 0.0697. The predicted octanol–water partition coefficient (Wildman–Crippen LogP) is 4.32. The zero-order valence-corrected chi connectivity index (χ0v) is 14.2. The van der Waals surface area contributed by atoms with Crippen molar-refractivity contribution in [3.05, 3.63) is 65.7 Å². The van der Waals surface area contributed by atoms with Crippen LogP contribution in [0.3, 0.4) is 0 Å². The molecular formula is C21H22O4. The van der Waals surface area contributed by atoms with E-state index in [1.807, 2.05) is 12.1 Å². The highest BCUT2D eigenvalue weighted by atomic mass is 16.5. The fraction of sp³-hybridized carbons (Fsp3) is 0.286. The van der Waals surface area contributed by atoms with Gasteiger partial charge in [-0.2, -0.15) is 0 Å². The van der Waals surface area contributed by atoms with Crippen molar-refractivity contribution >= 4 is 5.97 Å². The fourth-order valence-corrected chi connectivity index (χ4v) is 3.07. The minimum atomic E-state index is -0.889. The lowest BCUT2D eigenvalue weighted by Crippen LogP contribution is -2.01. The molecule has 4 nitrogen and oxygen atoms in total. The maximum atomic E-state index is 11.1. The first-order valence-corrected chi connectivity index (χ1v) is 8.50. The molecular weight excluding hydrogens is 316 g/mol. The molecule has 0 spiro atoms. The Morgan fingerprint density at radius 3 is 2.56 bits per heavy atom. The van der Waals surface area contributed by atoms with Gasteiger partial charge in [-0.3, -0.25) is 0 Å². The Balaban J connectivity index is 1.57. The van der Waals surface area contributed by atoms with Gasteiger partial charge in [0.05, 0.1) is 18.8 Å². The monoisotopic (exact) mass is 338 g/mol. The van der Waals surface area contributed by atoms with Crippen LogP contribution in [-0.2, 0) is 11.2 Å². The minimum absolute atomic E-state index is 0.335. The highest BCUT2D eigenvalue weighted by Gasteiger charge is 2.20. The van der Waals surface area contributed by atoms with Crippen molar-refractivity contribution in [3.8, 4) is 16.9 Å². The van der Waals surface area contributed by atoms with Crippen LogP contribution in [-0.4, -0.2) is 30.9 Å². The Kier molecular flexibility index (Phi) is 5.51. The first-order chi connectivity index (χ1) is 12.2. The molecule has 0 saturated carbocycles. The van der Waals surface area contributed by atoms with Gasteiger partial charge in [0.15, 0.2) is 0 Å². The van der Waals surface area contributed by atoms with Crippen molar-refractivity contribution in [2.45, 2.75) is 19.3 Å². The van der Waals surface area contributed by atoms with Crippen LogP contribution in [0.5, 0.6) is 5.75 Å². The van der Waals surface area contributed by atoms with Crippen molar-refractivity contribution in [1.82, 2.24) is 0 Å². The number of aromatic carboxylic acids is 1. The molecule has 0 radical (unpaired) electrons. The number of hydrogen-bond donors (Lipinski definition) is 1. The molecule has 0 amide bonds. The van der Waals surface area contributed by atoms with Crippen LogP contribution in [0.15, 0.2) is 49.1 Å². The third kappa shape index (κ3) is 4.09. The van der Waals surface area contributed by atoms with E-state index in [1.54, 1.807) is 18.2 Å². The van der Waals surface area contributed by atoms with Crippen LogP contribution < -0.4 is 4.74 Å². The van der Waals surface area contributed by atoms with Gasteiger partial charge in [-0.05, 0) is 65.8 Å². The smallest absolute Gasteiger partial charge is 0.335 e. The zero-order valence-electron chi connectivity index (χ0n) is 14.2. The SMILES string of the molecule is C=CCOCCCCOc1ccc2c(c1)Cc1cc(C(=O)O)ccc1-2. The zero-order chi connectivity index (χ0) is 17.6. The maximum Gasteiger partial charge on any atom is 0.335 e. The quantitative estimate of drug-likeness (QED) is 0.466. The summed E-state index contributed by atoms with van der Waals surface area (Å²) in [6.45, 7) is 5.59. The van der Waals surface area contributed by atoms with Crippen molar-refractivity contribution in [1.29, 1.82) is 0 Å². The van der Waals surface area contributed by atoms with Crippen molar-refractivity contribution in [2.75, 3.05) is 19.8 Å². The Morgan fingerprint density at radius 1 is 1.08 bits per heavy atom. The van der Waals surface area contributed by atoms with Gasteiger partial charge in [0.1, 0.15) is 5.75 Å². The summed E-state index contributed by atoms with van der Waals surface area (Å²) in [6.07, 6.45) is 4.40. The van der Waals surface area contributed by atoms with E-state index in [1.165, 1.54) is 5.56 Å². The Labute approximate surface area is 147 Å². The van der Waals surface area contributed by atoms with Gasteiger partial charge in [0.25, 0.3) is 0 Å². The molecule has 1 N–H and O–H groups in total. The summed E-state index contributed by atoms with van der Waals surface area (Å²) in [6, 6.07) is 11.4. The molecule has 1 aliphatic rings. The van der Waals surface area contributed by atoms with Gasteiger partial charge in [-0.25, -0.2) is 4.79 Å². The summed E-state index contributed by atoms with van der Waals surface area (Å²) >= 11 is 0. The van der Waals surface area contributed by atoms with E-state index in [0.717, 1.165) is 48.3 Å². The Bertz CT molecular complexity index is 779. The summed E-state index contributed by atoms with van der Waals surface area (Å²) in [5.74, 6) is -0.0307. The summed E-state index contributed by atoms with van der Waals surface area (Å²) in [5.41, 5.74) is 4.86. The van der Waals surface area contributed by atoms with Crippen LogP contribution in [0, 0.1) is 0 Å². The molecule has 2 aromatic carbocycles. The van der Waals surface area contributed by atoms with E-state index in [0.29, 0.717) is 18.8 Å². The van der Waals surface area contributed by atoms with Gasteiger partial charge < -0.3 is 14.6 Å². The average molecular weight is 338 g/mol. The molecule has 25 heavy (non-hydrogen) atoms. The number of carboxylic acids is 1. The number of carbonyl (C=O) groups is 1. The van der Waals surface area contributed by atoms with Crippen LogP contribution in [0.4, 0.5) is 0 Å². The van der Waals surface area contributed by atoms with Crippen LogP contribution >= 0.6 is 0 Å². The molecule has 0 atom stereocenters. The van der Waals surface area contributed by atoms with E-state index in [-0.39, 0.29) is 0 Å². The molecule has 0 heterocycles. The summed E-state index contributed by atoms with van der Waals surface area (Å²) in [4.78, 5) is 11.1. The molecule has 0 aromatic heterocycles. The van der Waals surface area contributed by atoms with Crippen molar-refractivity contribution in [2.24, 2.45) is 0 Å². The van der Waals surface area contributed by atoms with Crippen LogP contribution in [0.2, 0.25) is 0 Å². The second-order valence-corrected chi connectivity index (χ2v) is 6.09. The van der Waals surface area contributed by atoms with Crippen molar-refractivity contribution < 1.29 is 19.4 Å². The fourth-order valence-electron chi connectivity index (χ4n) is 3.07. The first kappa shape index (κ1) is 17.2. The van der Waals surface area contributed by atoms with Gasteiger partial charge in [0, 0.05) is 6.61 Å². The molecule has 0 bridgehead atoms. The second kappa shape index (κ2) is 7.99. The van der Waals surface area contributed by atoms with Crippen molar-refractivity contribution in [3.63, 3.8) is 0 Å². The molecule has 1 aliphatic carbocycles. The number of unbranched alkanes of at least 4 members (excludes halogenated alkanes) is 1. The maximum absolute atomic E-state index is 11.1. The molecule has 0 aliphatic heterocycles. The van der Waals surface area contributed by atoms with Crippen LogP contribution in [0.25, 0.3) is 11.1 Å². The average Bonchev–Trinajstić information content (AvgIpc) is 2.97. The van der Waals surface area contributed by atoms with E-state index < -0.39 is 5.97 Å². The summed E-state index contributed by atoms with van der Waals surface area (Å²) < 4.78 is 11.2. The lowest BCUT2D eigenvalue weighted by atomic mass is 10.0. The van der Waals surface area contributed by atoms with E-state index in [9.17, 15) is 4.79 Å². The van der Waals surface area contributed by atoms with E-state index in [4.69, 9.17) is 14.6 Å². The highest BCUT2D eigenvalue weighted by Crippen LogP contribution is 2.38. The topological polar surface area (TPSA) is 55.8 Å². The van der Waals surface area contributed by atoms with Gasteiger partial charge in [0.2, 0.25) is 0 Å². The normalized spacial score (nSPS) is 11.7. The largest absolute Gasteiger partial charge is 0.494 e. The molecule has 2 aromatic rings. The van der Waals surface area contributed by atoms with E-state index in [2.05, 4.69) is 18.7 Å². The first-order valence-electron chi connectivity index (χ1n) is 8.50. The third-order valence-electron chi connectivity index (χ3n) is 4.29. The summed E-state index contributed by atoms with van der Waals surface area (Å²) in [5, 5.41) is 9.13. The third-order valence-corrected chi connectivity index (χ3v) is 4.29. The number of carboxylic acid groups (broad SMARTS) is 1. The molecule has 0 fully saturated rings. The molecule has 3 rings (SSSR count). The molecule has 4 heteroatoms. The second-order valence-electron chi connectivity index (χ2n) is 6.09. The number of fused-ring (bicyclic) bond motifs is 3. The van der Waals surface area contributed by atoms with E-state index >= 15 is 0 Å². The number of benzene rings is 2. The van der Waals surface area contributed by atoms with Gasteiger partial charge in [-0.1, -0.05) is 18.2 Å². The molecule has 130 valence electrons. The number of rotatable bonds is 9. The number of hydrogen-bond acceptors (Lipinski definition) is 3. The summed E-state index contributed by atoms with van der Waals surface area (Å²) in [7, 11) is 0. The highest BCUT2D eigenvalue weighted by molar-refractivity contribution is 5.90. The predicted molar refractivity (Wildman–Crippen MR) is 97.4 cm³/mol. The molecule has 0 saturated heterocycles. The Hall–Kier alpha value is -2.59. The van der Waals surface area contributed by atoms with Crippen LogP contribution in [0.1, 0.15) is 34.3 Å². The minimum Gasteiger partial charge on any atom is -0.494 e. The number of ether oxygens (including phenoxy) is 2. The molecule has 0 unspecified atom stereocenters. The standard InChI is InChI=1S/C21H22O4/c1-2-9-24-10-3-4-11-25-18-6-8-20-17(14-18)13-16-12-15(21(22)23)5-7-19(16)20/h2,5-8,12,14H,1,3-4,9-11,13H2,(H,22,23). The Morgan fingerprint density at radius 2 is 1.80 bits per heavy atom. The lowest BCUT2D eigenvalue weighted by Gasteiger charge is -2.08.